The molecule has 1 spiro atoms. The van der Waals surface area contributed by atoms with Crippen LogP contribution in [0.25, 0.3) is 6.08 Å². The summed E-state index contributed by atoms with van der Waals surface area (Å²) in [5.74, 6) is -2.36. The number of carbonyl (C=O) groups is 3. The molecule has 3 aromatic carbocycles. The number of amides is 2. The molecule has 4 unspecified atom stereocenters. The molecular weight excluding hydrogens is 640 g/mol. The van der Waals surface area contributed by atoms with Gasteiger partial charge in [-0.1, -0.05) is 66.7 Å². The fraction of sp³-hybridized carbons (Fsp3) is 0.359. The average molecular weight is 683 g/mol. The van der Waals surface area contributed by atoms with E-state index in [-0.39, 0.29) is 39.2 Å². The Morgan fingerprint density at radius 1 is 0.980 bits per heavy atom. The zero-order valence-corrected chi connectivity index (χ0v) is 27.9. The van der Waals surface area contributed by atoms with E-state index in [1.54, 1.807) is 43.5 Å². The van der Waals surface area contributed by atoms with Crippen LogP contribution in [-0.4, -0.2) is 96.5 Å². The number of nitrogens with one attached hydrogen (secondary N) is 1. The summed E-state index contributed by atoms with van der Waals surface area (Å²) in [4.78, 5) is 42.6. The number of rotatable bonds is 13. The van der Waals surface area contributed by atoms with Gasteiger partial charge in [-0.2, -0.15) is 0 Å². The number of fused-ring (bicyclic) bond motifs is 2. The van der Waals surface area contributed by atoms with Crippen LogP contribution in [-0.2, 0) is 47.8 Å². The predicted molar refractivity (Wildman–Crippen MR) is 184 cm³/mol. The quantitative estimate of drug-likeness (QED) is 0.141. The van der Waals surface area contributed by atoms with E-state index in [9.17, 15) is 19.5 Å². The van der Waals surface area contributed by atoms with Gasteiger partial charge in [-0.3, -0.25) is 9.59 Å². The molecule has 0 saturated carbocycles. The molecule has 2 aliphatic carbocycles. The minimum absolute atomic E-state index is 0.0490. The van der Waals surface area contributed by atoms with Crippen LogP contribution in [0.3, 0.4) is 0 Å². The van der Waals surface area contributed by atoms with E-state index < -0.39 is 47.9 Å². The molecule has 11 heteroatoms. The highest BCUT2D eigenvalue weighted by molar-refractivity contribution is 5.97. The van der Waals surface area contributed by atoms with E-state index in [0.29, 0.717) is 29.5 Å². The van der Waals surface area contributed by atoms with Gasteiger partial charge < -0.3 is 39.4 Å². The summed E-state index contributed by atoms with van der Waals surface area (Å²) in [5.41, 5.74) is 4.44. The molecule has 0 aromatic heterocycles. The van der Waals surface area contributed by atoms with Crippen molar-refractivity contribution in [3.8, 4) is 0 Å². The van der Waals surface area contributed by atoms with Crippen LogP contribution < -0.4 is 5.32 Å². The zero-order chi connectivity index (χ0) is 35.1. The van der Waals surface area contributed by atoms with Crippen molar-refractivity contribution in [3.05, 3.63) is 125 Å². The first-order chi connectivity index (χ1) is 24.3. The molecule has 50 heavy (non-hydrogen) atoms. The Hall–Kier alpha value is -4.81. The van der Waals surface area contributed by atoms with Crippen molar-refractivity contribution < 1.29 is 43.5 Å². The maximum atomic E-state index is 14.2. The molecule has 1 fully saturated rings. The zero-order valence-electron chi connectivity index (χ0n) is 27.9. The van der Waals surface area contributed by atoms with Gasteiger partial charge in [-0.05, 0) is 46.5 Å². The number of aliphatic hydroxyl groups is 2. The first kappa shape index (κ1) is 35.0. The standard InChI is InChI=1S/C39H42N2O9/c1-41(32(36(44)40-15-16-42)21-26-8-3-2-4-9-26)37(45)31-22-33(48-38(46)28-13-7-10-27(20-28)14-18-47-19-17-43)35-34(23-31)49-39(50-35)24-29-11-5-6-12-30(29)25-39/h2-14,18,20,23,32-35,42-43H,15-17,19,21-22,24-25H2,1H3,(H,40,44). The third-order valence-electron chi connectivity index (χ3n) is 9.21. The van der Waals surface area contributed by atoms with Crippen LogP contribution in [0.1, 0.15) is 39.0 Å². The number of nitrogens with zero attached hydrogens (tertiary/aromatic N) is 1. The Balaban J connectivity index is 1.26. The van der Waals surface area contributed by atoms with Crippen LogP contribution in [0.15, 0.2) is 96.8 Å². The van der Waals surface area contributed by atoms with Gasteiger partial charge in [0.15, 0.2) is 5.79 Å². The van der Waals surface area contributed by atoms with E-state index in [4.69, 9.17) is 24.1 Å². The molecule has 0 radical (unpaired) electrons. The largest absolute Gasteiger partial charge is 0.499 e. The molecule has 1 heterocycles. The summed E-state index contributed by atoms with van der Waals surface area (Å²) in [6, 6.07) is 23.4. The van der Waals surface area contributed by atoms with Gasteiger partial charge in [0, 0.05) is 44.8 Å². The summed E-state index contributed by atoms with van der Waals surface area (Å²) in [6.45, 7) is -0.138. The number of hydrogen-bond donors (Lipinski definition) is 3. The molecule has 2 amide bonds. The van der Waals surface area contributed by atoms with Crippen molar-refractivity contribution in [1.29, 1.82) is 0 Å². The predicted octanol–water partition coefficient (Wildman–Crippen LogP) is 2.98. The molecule has 11 nitrogen and oxygen atoms in total. The van der Waals surface area contributed by atoms with Crippen LogP contribution in [0, 0.1) is 0 Å². The van der Waals surface area contributed by atoms with E-state index in [1.807, 2.05) is 54.6 Å². The lowest BCUT2D eigenvalue weighted by Crippen LogP contribution is -2.51. The van der Waals surface area contributed by atoms with Gasteiger partial charge in [0.1, 0.15) is 31.0 Å². The van der Waals surface area contributed by atoms with Crippen LogP contribution in [0.5, 0.6) is 0 Å². The number of ether oxygens (including phenoxy) is 4. The second-order valence-electron chi connectivity index (χ2n) is 12.7. The average Bonchev–Trinajstić information content (AvgIpc) is 3.69. The van der Waals surface area contributed by atoms with Gasteiger partial charge in [0.05, 0.1) is 25.0 Å². The van der Waals surface area contributed by atoms with Gasteiger partial charge in [0.25, 0.3) is 0 Å². The number of likely N-dealkylation sites (N-methyl/N-ethyl adjacent to an activating group) is 1. The summed E-state index contributed by atoms with van der Waals surface area (Å²) in [7, 11) is 1.58. The molecule has 1 saturated heterocycles. The SMILES string of the molecule is CN(C(=O)C1=CC2OC3(Cc4ccccc4C3)OC2C(OC(=O)c2cccc(C=COCCO)c2)C1)C(Cc1ccccc1)C(=O)NCCO. The van der Waals surface area contributed by atoms with Crippen molar-refractivity contribution in [3.63, 3.8) is 0 Å². The fourth-order valence-corrected chi connectivity index (χ4v) is 6.78. The molecule has 4 atom stereocenters. The minimum atomic E-state index is -0.968. The number of benzene rings is 3. The van der Waals surface area contributed by atoms with Gasteiger partial charge in [-0.25, -0.2) is 4.79 Å². The summed E-state index contributed by atoms with van der Waals surface area (Å²) < 4.78 is 24.6. The van der Waals surface area contributed by atoms with Crippen molar-refractivity contribution in [2.75, 3.05) is 33.4 Å². The van der Waals surface area contributed by atoms with E-state index in [1.165, 1.54) is 11.2 Å². The molecule has 3 aliphatic rings. The molecule has 6 rings (SSSR count). The fourth-order valence-electron chi connectivity index (χ4n) is 6.78. The Kier molecular flexibility index (Phi) is 11.1. The molecule has 262 valence electrons. The van der Waals surface area contributed by atoms with Gasteiger partial charge >= 0.3 is 5.97 Å². The second kappa shape index (κ2) is 15.8. The number of esters is 1. The Labute approximate surface area is 291 Å². The maximum Gasteiger partial charge on any atom is 0.338 e. The first-order valence-corrected chi connectivity index (χ1v) is 16.8. The minimum Gasteiger partial charge on any atom is -0.499 e. The van der Waals surface area contributed by atoms with E-state index in [0.717, 1.165) is 16.7 Å². The summed E-state index contributed by atoms with van der Waals surface area (Å²) in [5, 5.41) is 21.0. The molecule has 0 bridgehead atoms. The van der Waals surface area contributed by atoms with Crippen LogP contribution in [0.2, 0.25) is 0 Å². The highest BCUT2D eigenvalue weighted by atomic mass is 16.8. The second-order valence-corrected chi connectivity index (χ2v) is 12.7. The van der Waals surface area contributed by atoms with E-state index in [2.05, 4.69) is 5.32 Å². The highest BCUT2D eigenvalue weighted by Gasteiger charge is 2.55. The monoisotopic (exact) mass is 682 g/mol. The topological polar surface area (TPSA) is 144 Å². The van der Waals surface area contributed by atoms with E-state index >= 15 is 0 Å². The van der Waals surface area contributed by atoms with Crippen molar-refractivity contribution in [2.45, 2.75) is 55.8 Å². The Bertz CT molecular complexity index is 1720. The summed E-state index contributed by atoms with van der Waals surface area (Å²) >= 11 is 0. The third kappa shape index (κ3) is 7.97. The van der Waals surface area contributed by atoms with Crippen LogP contribution in [0.4, 0.5) is 0 Å². The number of hydrogen-bond acceptors (Lipinski definition) is 9. The smallest absolute Gasteiger partial charge is 0.338 e. The Morgan fingerprint density at radius 3 is 2.44 bits per heavy atom. The van der Waals surface area contributed by atoms with Crippen LogP contribution >= 0.6 is 0 Å². The van der Waals surface area contributed by atoms with Crippen molar-refractivity contribution >= 4 is 23.9 Å². The molecule has 3 N–H and O–H groups in total. The Morgan fingerprint density at radius 2 is 1.72 bits per heavy atom. The molecular formula is C39H42N2O9. The first-order valence-electron chi connectivity index (χ1n) is 16.8. The van der Waals surface area contributed by atoms with Crippen molar-refractivity contribution in [2.24, 2.45) is 0 Å². The number of carbonyl (C=O) groups excluding carboxylic acids is 3. The highest BCUT2D eigenvalue weighted by Crippen LogP contribution is 2.45. The number of aliphatic hydroxyl groups excluding tert-OH is 2. The van der Waals surface area contributed by atoms with Gasteiger partial charge in [-0.15, -0.1) is 0 Å². The third-order valence-corrected chi connectivity index (χ3v) is 9.21. The molecule has 3 aromatic rings. The lowest BCUT2D eigenvalue weighted by atomic mass is 9.90. The summed E-state index contributed by atoms with van der Waals surface area (Å²) in [6.07, 6.45) is 4.00. The van der Waals surface area contributed by atoms with Gasteiger partial charge in [0.2, 0.25) is 11.8 Å². The molecule has 1 aliphatic heterocycles. The van der Waals surface area contributed by atoms with Crippen molar-refractivity contribution in [1.82, 2.24) is 10.2 Å². The lowest BCUT2D eigenvalue weighted by molar-refractivity contribution is -0.172. The lowest BCUT2D eigenvalue weighted by Gasteiger charge is -2.33. The maximum absolute atomic E-state index is 14.2. The normalized spacial score (nSPS) is 20.9.